The zero-order valence-electron chi connectivity index (χ0n) is 9.75. The molecule has 1 aromatic rings. The zero-order chi connectivity index (χ0) is 12.8. The van der Waals surface area contributed by atoms with Gasteiger partial charge in [-0.3, -0.25) is 10.7 Å². The number of hydrogen-bond donors (Lipinski definition) is 2. The molecule has 0 aliphatic heterocycles. The first-order valence-corrected chi connectivity index (χ1v) is 4.96. The average Bonchev–Trinajstić information content (AvgIpc) is 2.28. The van der Waals surface area contributed by atoms with Crippen LogP contribution in [-0.2, 0) is 6.42 Å². The van der Waals surface area contributed by atoms with Crippen molar-refractivity contribution in [2.24, 2.45) is 5.73 Å². The molecule has 1 heterocycles. The molecule has 7 nitrogen and oxygen atoms in total. The van der Waals surface area contributed by atoms with Gasteiger partial charge in [-0.1, -0.05) is 6.07 Å². The van der Waals surface area contributed by atoms with Crippen molar-refractivity contribution in [2.75, 3.05) is 14.1 Å². The van der Waals surface area contributed by atoms with Gasteiger partial charge in [0.1, 0.15) is 5.70 Å². The first kappa shape index (κ1) is 12.9. The topological polar surface area (TPSA) is 97.3 Å². The van der Waals surface area contributed by atoms with Crippen molar-refractivity contribution in [3.8, 4) is 0 Å². The van der Waals surface area contributed by atoms with Gasteiger partial charge in [-0.15, -0.1) is 0 Å². The molecule has 0 spiro atoms. The van der Waals surface area contributed by atoms with Gasteiger partial charge in [0.25, 0.3) is 0 Å². The molecule has 0 aliphatic carbocycles. The highest BCUT2D eigenvalue weighted by atomic mass is 16.6. The summed E-state index contributed by atoms with van der Waals surface area (Å²) in [5.74, 6) is -0.387. The summed E-state index contributed by atoms with van der Waals surface area (Å²) in [4.78, 5) is 14.0. The number of pyridine rings is 1. The van der Waals surface area contributed by atoms with Crippen LogP contribution in [0.5, 0.6) is 0 Å². The molecule has 0 fully saturated rings. The molecule has 92 valence electrons. The second-order valence-corrected chi connectivity index (χ2v) is 3.67. The Morgan fingerprint density at radius 2 is 2.35 bits per heavy atom. The van der Waals surface area contributed by atoms with Crippen LogP contribution in [0.3, 0.4) is 0 Å². The number of aromatic nitrogens is 1. The first-order valence-electron chi connectivity index (χ1n) is 4.96. The fourth-order valence-corrected chi connectivity index (χ4v) is 1.27. The molecule has 1 aromatic heterocycles. The van der Waals surface area contributed by atoms with Crippen LogP contribution in [0.15, 0.2) is 36.0 Å². The lowest BCUT2D eigenvalue weighted by atomic mass is 10.1. The molecule has 0 unspecified atom stereocenters. The summed E-state index contributed by atoms with van der Waals surface area (Å²) in [6.45, 7) is 0. The van der Waals surface area contributed by atoms with Crippen LogP contribution in [-0.4, -0.2) is 29.0 Å². The van der Waals surface area contributed by atoms with E-state index in [0.717, 1.165) is 5.56 Å². The van der Waals surface area contributed by atoms with E-state index in [-0.39, 0.29) is 5.82 Å². The fourth-order valence-electron chi connectivity index (χ4n) is 1.27. The highest BCUT2D eigenvalue weighted by molar-refractivity contribution is 5.18. The van der Waals surface area contributed by atoms with E-state index in [9.17, 15) is 10.1 Å². The minimum Gasteiger partial charge on any atom is -0.358 e. The Morgan fingerprint density at radius 1 is 1.65 bits per heavy atom. The number of nitrogens with one attached hydrogen (secondary N) is 1. The molecule has 3 N–H and O–H groups in total. The molecular weight excluding hydrogens is 222 g/mol. The van der Waals surface area contributed by atoms with Crippen molar-refractivity contribution >= 4 is 0 Å². The molecule has 17 heavy (non-hydrogen) atoms. The van der Waals surface area contributed by atoms with Gasteiger partial charge in [-0.05, 0) is 16.6 Å². The van der Waals surface area contributed by atoms with Crippen molar-refractivity contribution in [1.82, 2.24) is 15.4 Å². The van der Waals surface area contributed by atoms with Crippen LogP contribution in [0.4, 0.5) is 0 Å². The van der Waals surface area contributed by atoms with Crippen molar-refractivity contribution in [2.45, 2.75) is 6.42 Å². The highest BCUT2D eigenvalue weighted by Crippen LogP contribution is 2.07. The average molecular weight is 237 g/mol. The van der Waals surface area contributed by atoms with Crippen molar-refractivity contribution < 1.29 is 4.92 Å². The van der Waals surface area contributed by atoms with Crippen LogP contribution in [0.1, 0.15) is 5.56 Å². The Morgan fingerprint density at radius 3 is 2.82 bits per heavy atom. The van der Waals surface area contributed by atoms with E-state index in [2.05, 4.69) is 10.4 Å². The first-order chi connectivity index (χ1) is 8.00. The Bertz CT molecular complexity index is 416. The van der Waals surface area contributed by atoms with Gasteiger partial charge < -0.3 is 15.5 Å². The number of hydrazine groups is 1. The summed E-state index contributed by atoms with van der Waals surface area (Å²) in [5.41, 5.74) is 9.45. The number of nitro groups is 1. The molecule has 7 heteroatoms. The standard InChI is InChI=1S/C10H15N5O2/c1-14(2)13-9(10(11)15(16)17)6-8-4-3-5-12-7-8/h3-5,7,13H,6,11H2,1-2H3. The van der Waals surface area contributed by atoms with Gasteiger partial charge >= 0.3 is 5.82 Å². The maximum atomic E-state index is 10.7. The quantitative estimate of drug-likeness (QED) is 0.556. The number of allylic oxidation sites excluding steroid dienone is 1. The van der Waals surface area contributed by atoms with Gasteiger partial charge in [-0.2, -0.15) is 0 Å². The third-order valence-electron chi connectivity index (χ3n) is 1.97. The van der Waals surface area contributed by atoms with Gasteiger partial charge in [0.05, 0.1) is 0 Å². The Hall–Kier alpha value is -2.15. The van der Waals surface area contributed by atoms with Crippen molar-refractivity contribution in [1.29, 1.82) is 0 Å². The zero-order valence-corrected chi connectivity index (χ0v) is 9.75. The van der Waals surface area contributed by atoms with E-state index in [4.69, 9.17) is 5.73 Å². The summed E-state index contributed by atoms with van der Waals surface area (Å²) in [7, 11) is 3.47. The summed E-state index contributed by atoms with van der Waals surface area (Å²) >= 11 is 0. The predicted octanol–water partition coefficient (Wildman–Crippen LogP) is 0.0948. The SMILES string of the molecule is CN(C)NC(Cc1cccnc1)=C(N)[N+](=O)[O-]. The van der Waals surface area contributed by atoms with Crippen LogP contribution in [0, 0.1) is 10.1 Å². The normalized spacial score (nSPS) is 12.2. The second kappa shape index (κ2) is 5.80. The van der Waals surface area contributed by atoms with Gasteiger partial charge in [0.2, 0.25) is 0 Å². The minimum atomic E-state index is -0.609. The molecule has 0 aliphatic rings. The molecule has 0 atom stereocenters. The third kappa shape index (κ3) is 4.07. The second-order valence-electron chi connectivity index (χ2n) is 3.67. The van der Waals surface area contributed by atoms with E-state index in [0.29, 0.717) is 12.1 Å². The Kier molecular flexibility index (Phi) is 4.41. The molecular formula is C10H15N5O2. The monoisotopic (exact) mass is 237 g/mol. The smallest absolute Gasteiger partial charge is 0.334 e. The molecule has 0 saturated heterocycles. The lowest BCUT2D eigenvalue weighted by Gasteiger charge is -2.16. The summed E-state index contributed by atoms with van der Waals surface area (Å²) in [6.07, 6.45) is 3.62. The van der Waals surface area contributed by atoms with E-state index in [1.54, 1.807) is 37.6 Å². The van der Waals surface area contributed by atoms with Crippen LogP contribution < -0.4 is 11.2 Å². The number of nitrogens with zero attached hydrogens (tertiary/aromatic N) is 3. The fraction of sp³-hybridized carbons (Fsp3) is 0.300. The maximum Gasteiger partial charge on any atom is 0.334 e. The van der Waals surface area contributed by atoms with Gasteiger partial charge in [0.15, 0.2) is 0 Å². The maximum absolute atomic E-state index is 10.7. The number of hydrogen-bond acceptors (Lipinski definition) is 6. The minimum absolute atomic E-state index is 0.332. The molecule has 0 saturated carbocycles. The molecule has 0 radical (unpaired) electrons. The van der Waals surface area contributed by atoms with Gasteiger partial charge in [0, 0.05) is 32.9 Å². The molecule has 0 amide bonds. The lowest BCUT2D eigenvalue weighted by Crippen LogP contribution is -2.34. The van der Waals surface area contributed by atoms with Crippen molar-refractivity contribution in [3.05, 3.63) is 51.7 Å². The van der Waals surface area contributed by atoms with Crippen molar-refractivity contribution in [3.63, 3.8) is 0 Å². The van der Waals surface area contributed by atoms with Crippen LogP contribution >= 0.6 is 0 Å². The van der Waals surface area contributed by atoms with Gasteiger partial charge in [-0.25, -0.2) is 5.01 Å². The largest absolute Gasteiger partial charge is 0.358 e. The third-order valence-corrected chi connectivity index (χ3v) is 1.97. The summed E-state index contributed by atoms with van der Waals surface area (Å²) < 4.78 is 0. The summed E-state index contributed by atoms with van der Waals surface area (Å²) in [6, 6.07) is 3.60. The highest BCUT2D eigenvalue weighted by Gasteiger charge is 2.13. The Balaban J connectivity index is 2.93. The molecule has 0 bridgehead atoms. The Labute approximate surface area is 99.1 Å². The van der Waals surface area contributed by atoms with E-state index < -0.39 is 4.92 Å². The van der Waals surface area contributed by atoms with Crippen LogP contribution in [0.2, 0.25) is 0 Å². The number of nitrogens with two attached hydrogens (primary N) is 1. The molecule has 1 rings (SSSR count). The van der Waals surface area contributed by atoms with E-state index >= 15 is 0 Å². The number of rotatable bonds is 5. The van der Waals surface area contributed by atoms with E-state index in [1.165, 1.54) is 0 Å². The van der Waals surface area contributed by atoms with Crippen LogP contribution in [0.25, 0.3) is 0 Å². The molecule has 0 aromatic carbocycles. The summed E-state index contributed by atoms with van der Waals surface area (Å²) in [5, 5.41) is 12.3. The van der Waals surface area contributed by atoms with E-state index in [1.807, 2.05) is 6.07 Å². The lowest BCUT2D eigenvalue weighted by molar-refractivity contribution is -0.428. The predicted molar refractivity (Wildman–Crippen MR) is 63.0 cm³/mol.